The van der Waals surface area contributed by atoms with Crippen molar-refractivity contribution in [1.29, 1.82) is 0 Å². The second-order valence-corrected chi connectivity index (χ2v) is 5.86. The standard InChI is InChI=1S/C15H20N2O2S/c1-11-4-5-13(20-3)10-14(11)15(19)17-8-6-16(7-9-17)12(2)18/h4-5,10H,6-9H2,1-3H3. The second kappa shape index (κ2) is 6.31. The van der Waals surface area contributed by atoms with Gasteiger partial charge in [-0.25, -0.2) is 0 Å². The first-order valence-electron chi connectivity index (χ1n) is 6.72. The maximum absolute atomic E-state index is 12.6. The first-order valence-corrected chi connectivity index (χ1v) is 7.95. The number of hydrogen-bond acceptors (Lipinski definition) is 3. The summed E-state index contributed by atoms with van der Waals surface area (Å²) < 4.78 is 0. The van der Waals surface area contributed by atoms with E-state index in [1.54, 1.807) is 23.6 Å². The average molecular weight is 292 g/mol. The minimum atomic E-state index is 0.0709. The molecule has 20 heavy (non-hydrogen) atoms. The van der Waals surface area contributed by atoms with E-state index in [9.17, 15) is 9.59 Å². The molecule has 0 N–H and O–H groups in total. The quantitative estimate of drug-likeness (QED) is 0.783. The smallest absolute Gasteiger partial charge is 0.254 e. The molecular weight excluding hydrogens is 272 g/mol. The highest BCUT2D eigenvalue weighted by molar-refractivity contribution is 7.98. The fourth-order valence-corrected chi connectivity index (χ4v) is 2.79. The maximum Gasteiger partial charge on any atom is 0.254 e. The fourth-order valence-electron chi connectivity index (χ4n) is 2.35. The van der Waals surface area contributed by atoms with Gasteiger partial charge in [0.2, 0.25) is 5.91 Å². The Morgan fingerprint density at radius 2 is 1.70 bits per heavy atom. The van der Waals surface area contributed by atoms with Crippen LogP contribution in [-0.4, -0.2) is 54.0 Å². The van der Waals surface area contributed by atoms with E-state index in [1.165, 1.54) is 0 Å². The number of carbonyl (C=O) groups excluding carboxylic acids is 2. The van der Waals surface area contributed by atoms with Gasteiger partial charge in [-0.15, -0.1) is 11.8 Å². The third-order valence-electron chi connectivity index (χ3n) is 3.69. The van der Waals surface area contributed by atoms with E-state index in [0.29, 0.717) is 26.2 Å². The Labute approximate surface area is 124 Å². The van der Waals surface area contributed by atoms with Crippen LogP contribution in [-0.2, 0) is 4.79 Å². The summed E-state index contributed by atoms with van der Waals surface area (Å²) in [7, 11) is 0. The topological polar surface area (TPSA) is 40.6 Å². The number of rotatable bonds is 2. The number of piperazine rings is 1. The Morgan fingerprint density at radius 3 is 2.25 bits per heavy atom. The van der Waals surface area contributed by atoms with Crippen molar-refractivity contribution >= 4 is 23.6 Å². The second-order valence-electron chi connectivity index (χ2n) is 4.98. The molecule has 1 aromatic carbocycles. The number of thioether (sulfide) groups is 1. The Hall–Kier alpha value is -1.49. The molecule has 2 rings (SSSR count). The summed E-state index contributed by atoms with van der Waals surface area (Å²) >= 11 is 1.64. The van der Waals surface area contributed by atoms with Gasteiger partial charge >= 0.3 is 0 Å². The van der Waals surface area contributed by atoms with Gasteiger partial charge in [-0.05, 0) is 30.9 Å². The molecule has 0 aromatic heterocycles. The van der Waals surface area contributed by atoms with Crippen molar-refractivity contribution in [2.45, 2.75) is 18.7 Å². The van der Waals surface area contributed by atoms with Crippen LogP contribution < -0.4 is 0 Å². The summed E-state index contributed by atoms with van der Waals surface area (Å²) in [6.45, 7) is 6.01. The lowest BCUT2D eigenvalue weighted by molar-refractivity contribution is -0.130. The van der Waals surface area contributed by atoms with Crippen molar-refractivity contribution < 1.29 is 9.59 Å². The number of aryl methyl sites for hydroxylation is 1. The van der Waals surface area contributed by atoms with Crippen LogP contribution >= 0.6 is 11.8 Å². The SMILES string of the molecule is CSc1ccc(C)c(C(=O)N2CCN(C(C)=O)CC2)c1. The van der Waals surface area contributed by atoms with Crippen LogP contribution in [0.25, 0.3) is 0 Å². The predicted molar refractivity (Wildman–Crippen MR) is 81.1 cm³/mol. The fraction of sp³-hybridized carbons (Fsp3) is 0.467. The zero-order valence-electron chi connectivity index (χ0n) is 12.2. The van der Waals surface area contributed by atoms with Crippen molar-refractivity contribution in [3.8, 4) is 0 Å². The van der Waals surface area contributed by atoms with E-state index >= 15 is 0 Å². The van der Waals surface area contributed by atoms with Crippen molar-refractivity contribution in [2.75, 3.05) is 32.4 Å². The Bertz CT molecular complexity index is 523. The highest BCUT2D eigenvalue weighted by atomic mass is 32.2. The minimum Gasteiger partial charge on any atom is -0.339 e. The van der Waals surface area contributed by atoms with Gasteiger partial charge in [0, 0.05) is 43.6 Å². The lowest BCUT2D eigenvalue weighted by atomic mass is 10.1. The Morgan fingerprint density at radius 1 is 1.10 bits per heavy atom. The molecule has 0 atom stereocenters. The molecule has 1 saturated heterocycles. The molecule has 0 radical (unpaired) electrons. The third kappa shape index (κ3) is 3.15. The molecule has 1 aromatic rings. The van der Waals surface area contributed by atoms with E-state index < -0.39 is 0 Å². The van der Waals surface area contributed by atoms with Crippen LogP contribution in [0, 0.1) is 6.92 Å². The monoisotopic (exact) mass is 292 g/mol. The molecule has 1 aliphatic heterocycles. The number of carbonyl (C=O) groups is 2. The molecule has 1 heterocycles. The lowest BCUT2D eigenvalue weighted by Gasteiger charge is -2.34. The van der Waals surface area contributed by atoms with E-state index in [0.717, 1.165) is 16.0 Å². The normalized spacial score (nSPS) is 15.3. The lowest BCUT2D eigenvalue weighted by Crippen LogP contribution is -2.50. The Kier molecular flexibility index (Phi) is 4.70. The molecule has 1 aliphatic rings. The van der Waals surface area contributed by atoms with Gasteiger partial charge in [0.1, 0.15) is 0 Å². The zero-order valence-corrected chi connectivity index (χ0v) is 13.0. The zero-order chi connectivity index (χ0) is 14.7. The van der Waals surface area contributed by atoms with Gasteiger partial charge in [0.05, 0.1) is 0 Å². The molecule has 4 nitrogen and oxygen atoms in total. The Balaban J connectivity index is 2.11. The first-order chi connectivity index (χ1) is 9.52. The summed E-state index contributed by atoms with van der Waals surface area (Å²) in [5.41, 5.74) is 1.77. The van der Waals surface area contributed by atoms with Gasteiger partial charge in [-0.1, -0.05) is 6.07 Å². The number of hydrogen-bond donors (Lipinski definition) is 0. The molecular formula is C15H20N2O2S. The first kappa shape index (κ1) is 14.9. The van der Waals surface area contributed by atoms with E-state index in [4.69, 9.17) is 0 Å². The van der Waals surface area contributed by atoms with Crippen molar-refractivity contribution in [3.63, 3.8) is 0 Å². The van der Waals surface area contributed by atoms with Gasteiger partial charge in [-0.2, -0.15) is 0 Å². The summed E-state index contributed by atoms with van der Waals surface area (Å²) in [6.07, 6.45) is 2.00. The van der Waals surface area contributed by atoms with Crippen LogP contribution in [0.1, 0.15) is 22.8 Å². The molecule has 0 saturated carbocycles. The van der Waals surface area contributed by atoms with Crippen LogP contribution in [0.15, 0.2) is 23.1 Å². The number of benzene rings is 1. The largest absolute Gasteiger partial charge is 0.339 e. The van der Waals surface area contributed by atoms with E-state index in [2.05, 4.69) is 0 Å². The van der Waals surface area contributed by atoms with E-state index in [1.807, 2.05) is 36.3 Å². The molecule has 5 heteroatoms. The maximum atomic E-state index is 12.6. The van der Waals surface area contributed by atoms with Gasteiger partial charge in [0.25, 0.3) is 5.91 Å². The molecule has 0 aliphatic carbocycles. The highest BCUT2D eigenvalue weighted by Crippen LogP contribution is 2.21. The van der Waals surface area contributed by atoms with Crippen LogP contribution in [0.5, 0.6) is 0 Å². The average Bonchev–Trinajstić information content (AvgIpc) is 2.47. The molecule has 0 spiro atoms. The van der Waals surface area contributed by atoms with Crippen molar-refractivity contribution in [1.82, 2.24) is 9.80 Å². The third-order valence-corrected chi connectivity index (χ3v) is 4.41. The van der Waals surface area contributed by atoms with E-state index in [-0.39, 0.29) is 11.8 Å². The predicted octanol–water partition coefficient (Wildman–Crippen LogP) is 2.02. The molecule has 1 fully saturated rings. The molecule has 0 unspecified atom stereocenters. The number of amides is 2. The summed E-state index contributed by atoms with van der Waals surface area (Å²) in [4.78, 5) is 28.6. The summed E-state index contributed by atoms with van der Waals surface area (Å²) in [6, 6.07) is 5.98. The van der Waals surface area contributed by atoms with Gasteiger partial charge < -0.3 is 9.80 Å². The minimum absolute atomic E-state index is 0.0709. The molecule has 108 valence electrons. The number of nitrogens with zero attached hydrogens (tertiary/aromatic N) is 2. The molecule has 0 bridgehead atoms. The van der Waals surface area contributed by atoms with Gasteiger partial charge in [-0.3, -0.25) is 9.59 Å². The van der Waals surface area contributed by atoms with Crippen molar-refractivity contribution in [2.24, 2.45) is 0 Å². The summed E-state index contributed by atoms with van der Waals surface area (Å²) in [5.74, 6) is 0.152. The van der Waals surface area contributed by atoms with Crippen molar-refractivity contribution in [3.05, 3.63) is 29.3 Å². The highest BCUT2D eigenvalue weighted by Gasteiger charge is 2.24. The van der Waals surface area contributed by atoms with Crippen LogP contribution in [0.4, 0.5) is 0 Å². The van der Waals surface area contributed by atoms with Crippen LogP contribution in [0.3, 0.4) is 0 Å². The molecule has 2 amide bonds. The van der Waals surface area contributed by atoms with Gasteiger partial charge in [0.15, 0.2) is 0 Å². The summed E-state index contributed by atoms with van der Waals surface area (Å²) in [5, 5.41) is 0. The van der Waals surface area contributed by atoms with Crippen LogP contribution in [0.2, 0.25) is 0 Å².